The van der Waals surface area contributed by atoms with Crippen molar-refractivity contribution >= 4 is 28.1 Å². The van der Waals surface area contributed by atoms with E-state index in [1.54, 1.807) is 6.92 Å². The molecule has 0 amide bonds. The molecule has 0 heterocycles. The van der Waals surface area contributed by atoms with Crippen LogP contribution in [0.3, 0.4) is 0 Å². The zero-order valence-corrected chi connectivity index (χ0v) is 15.2. The third-order valence-corrected chi connectivity index (χ3v) is 5.44. The van der Waals surface area contributed by atoms with Crippen LogP contribution in [0.1, 0.15) is 39.2 Å². The second kappa shape index (κ2) is 8.58. The molecule has 0 radical (unpaired) electrons. The molecule has 23 heavy (non-hydrogen) atoms. The molecule has 3 N–H and O–H groups in total. The van der Waals surface area contributed by atoms with Crippen LogP contribution in [0.25, 0.3) is 0 Å². The molecule has 0 aliphatic heterocycles. The van der Waals surface area contributed by atoms with Crippen LogP contribution in [0.2, 0.25) is 0 Å². The van der Waals surface area contributed by atoms with Gasteiger partial charge in [0.1, 0.15) is 0 Å². The minimum absolute atomic E-state index is 0. The van der Waals surface area contributed by atoms with Crippen LogP contribution in [-0.4, -0.2) is 25.4 Å². The zero-order valence-electron chi connectivity index (χ0n) is 13.5. The van der Waals surface area contributed by atoms with Gasteiger partial charge in [0.05, 0.1) is 9.82 Å². The molecule has 9 heteroatoms. The van der Waals surface area contributed by atoms with E-state index in [2.05, 4.69) is 4.72 Å². The van der Waals surface area contributed by atoms with Crippen LogP contribution in [-0.2, 0) is 16.4 Å². The molecule has 0 saturated heterocycles. The van der Waals surface area contributed by atoms with Gasteiger partial charge in [-0.3, -0.25) is 10.1 Å². The number of aryl methyl sites for hydroxylation is 1. The van der Waals surface area contributed by atoms with E-state index in [9.17, 15) is 18.5 Å². The summed E-state index contributed by atoms with van der Waals surface area (Å²) in [5.41, 5.74) is 5.76. The molecule has 7 nitrogen and oxygen atoms in total. The second-order valence-electron chi connectivity index (χ2n) is 5.30. The molecule has 1 aromatic rings. The van der Waals surface area contributed by atoms with Crippen molar-refractivity contribution in [3.05, 3.63) is 33.9 Å². The van der Waals surface area contributed by atoms with Gasteiger partial charge >= 0.3 is 0 Å². The van der Waals surface area contributed by atoms with Crippen LogP contribution in [0.4, 0.5) is 5.69 Å². The lowest BCUT2D eigenvalue weighted by atomic mass is 9.95. The summed E-state index contributed by atoms with van der Waals surface area (Å²) in [5, 5.41) is 10.9. The second-order valence-corrected chi connectivity index (χ2v) is 7.03. The van der Waals surface area contributed by atoms with Gasteiger partial charge in [-0.25, -0.2) is 13.1 Å². The van der Waals surface area contributed by atoms with Gasteiger partial charge in [-0.05, 0) is 24.8 Å². The first kappa shape index (κ1) is 21.8. The van der Waals surface area contributed by atoms with Gasteiger partial charge in [-0.15, -0.1) is 12.4 Å². The quantitative estimate of drug-likeness (QED) is 0.542. The Morgan fingerprint density at radius 2 is 1.83 bits per heavy atom. The fraction of sp³-hybridized carbons (Fsp3) is 0.571. The summed E-state index contributed by atoms with van der Waals surface area (Å²) < 4.78 is 27.4. The highest BCUT2D eigenvalue weighted by Crippen LogP contribution is 2.23. The summed E-state index contributed by atoms with van der Waals surface area (Å²) in [6, 6.07) is 3.88. The van der Waals surface area contributed by atoms with Crippen molar-refractivity contribution in [2.45, 2.75) is 50.5 Å². The van der Waals surface area contributed by atoms with Gasteiger partial charge in [-0.1, -0.05) is 26.8 Å². The zero-order chi connectivity index (χ0) is 17.0. The molecule has 0 aliphatic carbocycles. The minimum Gasteiger partial charge on any atom is -0.324 e. The monoisotopic (exact) mass is 365 g/mol. The van der Waals surface area contributed by atoms with Gasteiger partial charge in [0.25, 0.3) is 5.69 Å². The molecule has 1 rings (SSSR count). The summed E-state index contributed by atoms with van der Waals surface area (Å²) in [6.07, 6.45) is 1.72. The molecule has 0 aromatic heterocycles. The van der Waals surface area contributed by atoms with Crippen molar-refractivity contribution in [2.75, 3.05) is 6.54 Å². The molecule has 0 aliphatic rings. The highest BCUT2D eigenvalue weighted by molar-refractivity contribution is 7.89. The van der Waals surface area contributed by atoms with E-state index < -0.39 is 20.5 Å². The predicted molar refractivity (Wildman–Crippen MR) is 92.4 cm³/mol. The standard InChI is InChI=1S/C14H23N3O4S.ClH/c1-4-11-7-8-12(17(18)19)9-13(11)22(20,21)16-10-14(15,5-2)6-3;/h7-9,16H,4-6,10,15H2,1-3H3;1H. The van der Waals surface area contributed by atoms with Crippen molar-refractivity contribution in [1.29, 1.82) is 0 Å². The fourth-order valence-electron chi connectivity index (χ4n) is 2.02. The summed E-state index contributed by atoms with van der Waals surface area (Å²) in [4.78, 5) is 10.2. The Hall–Kier alpha value is -1.22. The molecular formula is C14H24ClN3O4S. The van der Waals surface area contributed by atoms with Gasteiger partial charge in [0.15, 0.2) is 0 Å². The van der Waals surface area contributed by atoms with Crippen molar-refractivity contribution < 1.29 is 13.3 Å². The number of halogens is 1. The van der Waals surface area contributed by atoms with Gasteiger partial charge in [-0.2, -0.15) is 0 Å². The Labute approximate surface area is 143 Å². The summed E-state index contributed by atoms with van der Waals surface area (Å²) >= 11 is 0. The highest BCUT2D eigenvalue weighted by atomic mass is 35.5. The number of rotatable bonds is 8. The highest BCUT2D eigenvalue weighted by Gasteiger charge is 2.26. The van der Waals surface area contributed by atoms with Crippen molar-refractivity contribution in [2.24, 2.45) is 5.73 Å². The number of hydrogen-bond donors (Lipinski definition) is 2. The predicted octanol–water partition coefficient (Wildman–Crippen LogP) is 2.37. The smallest absolute Gasteiger partial charge is 0.270 e. The number of nitrogens with one attached hydrogen (secondary N) is 1. The Balaban J connectivity index is 0.00000484. The largest absolute Gasteiger partial charge is 0.324 e. The lowest BCUT2D eigenvalue weighted by Crippen LogP contribution is -2.49. The lowest BCUT2D eigenvalue weighted by molar-refractivity contribution is -0.385. The minimum atomic E-state index is -3.85. The van der Waals surface area contributed by atoms with Gasteiger partial charge in [0.2, 0.25) is 10.0 Å². The number of nitro groups is 1. The molecule has 0 unspecified atom stereocenters. The van der Waals surface area contributed by atoms with Gasteiger partial charge < -0.3 is 5.73 Å². The molecule has 0 fully saturated rings. The molecule has 0 bridgehead atoms. The average Bonchev–Trinajstić information content (AvgIpc) is 2.52. The summed E-state index contributed by atoms with van der Waals surface area (Å²) in [6.45, 7) is 5.67. The first-order chi connectivity index (χ1) is 10.2. The van der Waals surface area contributed by atoms with Gasteiger partial charge in [0, 0.05) is 24.2 Å². The molecule has 0 atom stereocenters. The summed E-state index contributed by atoms with van der Waals surface area (Å²) in [7, 11) is -3.85. The number of hydrogen-bond acceptors (Lipinski definition) is 5. The van der Waals surface area contributed by atoms with Crippen LogP contribution >= 0.6 is 12.4 Å². The maximum atomic E-state index is 12.5. The molecule has 0 saturated carbocycles. The third kappa shape index (κ3) is 5.42. The average molecular weight is 366 g/mol. The van der Waals surface area contributed by atoms with E-state index in [1.165, 1.54) is 12.1 Å². The fourth-order valence-corrected chi connectivity index (χ4v) is 3.48. The normalized spacial score (nSPS) is 11.8. The third-order valence-electron chi connectivity index (χ3n) is 3.95. The molecule has 132 valence electrons. The number of nitrogens with two attached hydrogens (primary N) is 1. The van der Waals surface area contributed by atoms with E-state index in [-0.39, 0.29) is 29.5 Å². The van der Waals surface area contributed by atoms with E-state index in [0.29, 0.717) is 24.8 Å². The summed E-state index contributed by atoms with van der Waals surface area (Å²) in [5.74, 6) is 0. The SMILES string of the molecule is CCc1ccc([N+](=O)[O-])cc1S(=O)(=O)NCC(N)(CC)CC.Cl. The van der Waals surface area contributed by atoms with E-state index >= 15 is 0 Å². The number of nitrogens with zero attached hydrogens (tertiary/aromatic N) is 1. The topological polar surface area (TPSA) is 115 Å². The van der Waals surface area contributed by atoms with Crippen molar-refractivity contribution in [1.82, 2.24) is 4.72 Å². The number of sulfonamides is 1. The van der Waals surface area contributed by atoms with E-state index in [4.69, 9.17) is 5.73 Å². The number of benzene rings is 1. The van der Waals surface area contributed by atoms with Crippen LogP contribution in [0, 0.1) is 10.1 Å². The Morgan fingerprint density at radius 1 is 1.26 bits per heavy atom. The number of nitro benzene ring substituents is 1. The Morgan fingerprint density at radius 3 is 2.26 bits per heavy atom. The van der Waals surface area contributed by atoms with E-state index in [0.717, 1.165) is 6.07 Å². The van der Waals surface area contributed by atoms with Crippen LogP contribution in [0.5, 0.6) is 0 Å². The van der Waals surface area contributed by atoms with Crippen molar-refractivity contribution in [3.8, 4) is 0 Å². The first-order valence-corrected chi connectivity index (χ1v) is 8.73. The van der Waals surface area contributed by atoms with Crippen LogP contribution in [0.15, 0.2) is 23.1 Å². The van der Waals surface area contributed by atoms with Crippen LogP contribution < -0.4 is 10.5 Å². The Kier molecular flexibility index (Phi) is 8.13. The first-order valence-electron chi connectivity index (χ1n) is 7.25. The number of non-ortho nitro benzene ring substituents is 1. The molecule has 1 aromatic carbocycles. The maximum Gasteiger partial charge on any atom is 0.270 e. The maximum absolute atomic E-state index is 12.5. The Bertz CT molecular complexity index is 645. The van der Waals surface area contributed by atoms with Crippen molar-refractivity contribution in [3.63, 3.8) is 0 Å². The molecule has 0 spiro atoms. The molecular weight excluding hydrogens is 342 g/mol. The van der Waals surface area contributed by atoms with E-state index in [1.807, 2.05) is 13.8 Å². The lowest BCUT2D eigenvalue weighted by Gasteiger charge is -2.26.